The first-order valence-electron chi connectivity index (χ1n) is 6.64. The van der Waals surface area contributed by atoms with E-state index in [4.69, 9.17) is 37.2 Å². The first kappa shape index (κ1) is 15.6. The second-order valence-electron chi connectivity index (χ2n) is 4.61. The van der Waals surface area contributed by atoms with Gasteiger partial charge in [0, 0.05) is 16.7 Å². The van der Waals surface area contributed by atoms with E-state index < -0.39 is 0 Å². The Morgan fingerprint density at radius 2 is 1.74 bits per heavy atom. The molecule has 2 aromatic carbocycles. The number of halogens is 2. The van der Waals surface area contributed by atoms with Crippen LogP contribution in [0.25, 0.3) is 22.8 Å². The lowest BCUT2D eigenvalue weighted by molar-refractivity contribution is 0.391. The zero-order valence-electron chi connectivity index (χ0n) is 12.3. The highest BCUT2D eigenvalue weighted by molar-refractivity contribution is 6.36. The maximum absolute atomic E-state index is 6.17. The Morgan fingerprint density at radius 1 is 0.957 bits per heavy atom. The molecule has 0 atom stereocenters. The molecule has 0 saturated carbocycles. The van der Waals surface area contributed by atoms with Crippen molar-refractivity contribution in [1.29, 1.82) is 0 Å². The predicted octanol–water partition coefficient (Wildman–Crippen LogP) is 4.73. The van der Waals surface area contributed by atoms with Crippen molar-refractivity contribution >= 4 is 23.2 Å². The van der Waals surface area contributed by atoms with Crippen molar-refractivity contribution in [2.45, 2.75) is 0 Å². The minimum Gasteiger partial charge on any atom is -0.497 e. The summed E-state index contributed by atoms with van der Waals surface area (Å²) in [4.78, 5) is 4.38. The fraction of sp³-hybridized carbons (Fsp3) is 0.125. The average Bonchev–Trinajstić information content (AvgIpc) is 3.03. The monoisotopic (exact) mass is 350 g/mol. The van der Waals surface area contributed by atoms with Gasteiger partial charge in [0.05, 0.1) is 24.8 Å². The van der Waals surface area contributed by atoms with E-state index in [9.17, 15) is 0 Å². The van der Waals surface area contributed by atoms with Crippen LogP contribution in [0.5, 0.6) is 11.5 Å². The highest BCUT2D eigenvalue weighted by atomic mass is 35.5. The molecule has 0 amide bonds. The molecule has 1 aromatic heterocycles. The summed E-state index contributed by atoms with van der Waals surface area (Å²) >= 11 is 12.1. The number of aromatic nitrogens is 2. The van der Waals surface area contributed by atoms with Crippen LogP contribution in [0.3, 0.4) is 0 Å². The van der Waals surface area contributed by atoms with Gasteiger partial charge >= 0.3 is 0 Å². The topological polar surface area (TPSA) is 57.4 Å². The number of rotatable bonds is 4. The maximum atomic E-state index is 6.17. The molecule has 7 heteroatoms. The third-order valence-electron chi connectivity index (χ3n) is 3.24. The molecule has 23 heavy (non-hydrogen) atoms. The molecule has 0 N–H and O–H groups in total. The van der Waals surface area contributed by atoms with Crippen LogP contribution in [-0.2, 0) is 0 Å². The number of benzene rings is 2. The lowest BCUT2D eigenvalue weighted by Gasteiger charge is -2.06. The van der Waals surface area contributed by atoms with Gasteiger partial charge in [-0.05, 0) is 30.3 Å². The summed E-state index contributed by atoms with van der Waals surface area (Å²) in [5.41, 5.74) is 1.30. The van der Waals surface area contributed by atoms with Crippen LogP contribution in [0.15, 0.2) is 40.9 Å². The lowest BCUT2D eigenvalue weighted by Crippen LogP contribution is -1.90. The second-order valence-corrected chi connectivity index (χ2v) is 5.46. The normalized spacial score (nSPS) is 10.6. The van der Waals surface area contributed by atoms with Crippen LogP contribution in [-0.4, -0.2) is 24.4 Å². The Kier molecular flexibility index (Phi) is 4.41. The van der Waals surface area contributed by atoms with Gasteiger partial charge in [-0.2, -0.15) is 4.98 Å². The van der Waals surface area contributed by atoms with E-state index in [-0.39, 0.29) is 0 Å². The van der Waals surface area contributed by atoms with Gasteiger partial charge in [0.15, 0.2) is 0 Å². The summed E-state index contributed by atoms with van der Waals surface area (Å²) in [5.74, 6) is 1.94. The highest BCUT2D eigenvalue weighted by Crippen LogP contribution is 2.34. The molecule has 118 valence electrons. The minimum atomic E-state index is 0.325. The Hall–Kier alpha value is -2.24. The molecular weight excluding hydrogens is 339 g/mol. The van der Waals surface area contributed by atoms with Gasteiger partial charge in [-0.25, -0.2) is 0 Å². The van der Waals surface area contributed by atoms with Gasteiger partial charge in [0.1, 0.15) is 11.5 Å². The van der Waals surface area contributed by atoms with E-state index in [0.717, 1.165) is 0 Å². The van der Waals surface area contributed by atoms with Crippen molar-refractivity contribution in [3.8, 4) is 34.3 Å². The predicted molar refractivity (Wildman–Crippen MR) is 88.3 cm³/mol. The van der Waals surface area contributed by atoms with Crippen molar-refractivity contribution in [3.05, 3.63) is 46.4 Å². The summed E-state index contributed by atoms with van der Waals surface area (Å²) in [5, 5.41) is 4.96. The van der Waals surface area contributed by atoms with Crippen LogP contribution in [0, 0.1) is 0 Å². The van der Waals surface area contributed by atoms with E-state index >= 15 is 0 Å². The first-order chi connectivity index (χ1) is 11.1. The number of hydrogen-bond acceptors (Lipinski definition) is 5. The third-order valence-corrected chi connectivity index (χ3v) is 3.78. The van der Waals surface area contributed by atoms with Crippen molar-refractivity contribution < 1.29 is 14.0 Å². The summed E-state index contributed by atoms with van der Waals surface area (Å²) in [6, 6.07) is 10.4. The molecule has 0 spiro atoms. The van der Waals surface area contributed by atoms with E-state index in [1.165, 1.54) is 0 Å². The zero-order valence-corrected chi connectivity index (χ0v) is 13.9. The second kappa shape index (κ2) is 6.48. The fourth-order valence-corrected chi connectivity index (χ4v) is 2.58. The number of ether oxygens (including phenoxy) is 2. The van der Waals surface area contributed by atoms with E-state index in [1.54, 1.807) is 50.6 Å². The van der Waals surface area contributed by atoms with E-state index in [0.29, 0.717) is 44.4 Å². The summed E-state index contributed by atoms with van der Waals surface area (Å²) in [6.07, 6.45) is 0. The molecule has 0 unspecified atom stereocenters. The van der Waals surface area contributed by atoms with Gasteiger partial charge in [0.2, 0.25) is 5.82 Å². The Bertz CT molecular complexity index is 849. The number of hydrogen-bond donors (Lipinski definition) is 0. The van der Waals surface area contributed by atoms with E-state index in [2.05, 4.69) is 10.1 Å². The van der Waals surface area contributed by atoms with Gasteiger partial charge in [-0.1, -0.05) is 28.4 Å². The molecule has 3 rings (SSSR count). The molecule has 0 fully saturated rings. The van der Waals surface area contributed by atoms with Gasteiger partial charge in [-0.15, -0.1) is 0 Å². The van der Waals surface area contributed by atoms with Gasteiger partial charge in [0.25, 0.3) is 5.89 Å². The third kappa shape index (κ3) is 3.11. The van der Waals surface area contributed by atoms with Crippen molar-refractivity contribution in [2.24, 2.45) is 0 Å². The SMILES string of the molecule is COc1ccc(-c2nc(-c3ccc(Cl)cc3Cl)no2)c(OC)c1. The fourth-order valence-electron chi connectivity index (χ4n) is 2.09. The molecule has 0 radical (unpaired) electrons. The van der Waals surface area contributed by atoms with Crippen LogP contribution < -0.4 is 9.47 Å². The van der Waals surface area contributed by atoms with Gasteiger partial charge < -0.3 is 14.0 Å². The van der Waals surface area contributed by atoms with Crippen LogP contribution >= 0.6 is 23.2 Å². The van der Waals surface area contributed by atoms with Crippen molar-refractivity contribution in [1.82, 2.24) is 10.1 Å². The lowest BCUT2D eigenvalue weighted by atomic mass is 10.2. The van der Waals surface area contributed by atoms with Crippen LogP contribution in [0.1, 0.15) is 0 Å². The minimum absolute atomic E-state index is 0.325. The standard InChI is InChI=1S/C16H12Cl2N2O3/c1-21-10-4-6-12(14(8-10)22-2)16-19-15(20-23-16)11-5-3-9(17)7-13(11)18/h3-8H,1-2H3. The van der Waals surface area contributed by atoms with Crippen LogP contribution in [0.2, 0.25) is 10.0 Å². The smallest absolute Gasteiger partial charge is 0.262 e. The number of nitrogens with zero attached hydrogens (tertiary/aromatic N) is 2. The maximum Gasteiger partial charge on any atom is 0.262 e. The Morgan fingerprint density at radius 3 is 2.43 bits per heavy atom. The van der Waals surface area contributed by atoms with Crippen molar-refractivity contribution in [2.75, 3.05) is 14.2 Å². The summed E-state index contributed by atoms with van der Waals surface area (Å²) < 4.78 is 15.9. The molecule has 3 aromatic rings. The molecule has 0 aliphatic rings. The Labute approximate surface area is 142 Å². The van der Waals surface area contributed by atoms with Crippen molar-refractivity contribution in [3.63, 3.8) is 0 Å². The number of methoxy groups -OCH3 is 2. The molecule has 0 aliphatic heterocycles. The molecule has 0 saturated heterocycles. The Balaban J connectivity index is 2.02. The molecule has 5 nitrogen and oxygen atoms in total. The zero-order chi connectivity index (χ0) is 16.4. The molecule has 1 heterocycles. The molecular formula is C16H12Cl2N2O3. The quantitative estimate of drug-likeness (QED) is 0.680. The van der Waals surface area contributed by atoms with E-state index in [1.807, 2.05) is 0 Å². The summed E-state index contributed by atoms with van der Waals surface area (Å²) in [7, 11) is 3.15. The highest BCUT2D eigenvalue weighted by Gasteiger charge is 2.17. The first-order valence-corrected chi connectivity index (χ1v) is 7.39. The van der Waals surface area contributed by atoms with Crippen LogP contribution in [0.4, 0.5) is 0 Å². The van der Waals surface area contributed by atoms with Gasteiger partial charge in [-0.3, -0.25) is 0 Å². The molecule has 0 bridgehead atoms. The average molecular weight is 351 g/mol. The molecule has 0 aliphatic carbocycles. The largest absolute Gasteiger partial charge is 0.497 e. The summed E-state index contributed by atoms with van der Waals surface area (Å²) in [6.45, 7) is 0.